The third-order valence-corrected chi connectivity index (χ3v) is 4.49. The van der Waals surface area contributed by atoms with Crippen LogP contribution >= 0.6 is 0 Å². The van der Waals surface area contributed by atoms with Crippen LogP contribution in [-0.2, 0) is 14.3 Å². The average Bonchev–Trinajstić information content (AvgIpc) is 2.50. The summed E-state index contributed by atoms with van der Waals surface area (Å²) in [6.07, 6.45) is 11.5. The molecule has 0 saturated heterocycles. The van der Waals surface area contributed by atoms with Crippen LogP contribution in [0, 0.1) is 0 Å². The number of nitrogens with zero attached hydrogens (tertiary/aromatic N) is 1. The largest absolute Gasteiger partial charge is 0.351 e. The van der Waals surface area contributed by atoms with Gasteiger partial charge in [-0.1, -0.05) is 58.8 Å². The van der Waals surface area contributed by atoms with Gasteiger partial charge in [0, 0.05) is 14.2 Å². The van der Waals surface area contributed by atoms with Crippen LogP contribution < -0.4 is 0 Å². The van der Waals surface area contributed by atoms with Gasteiger partial charge in [-0.05, 0) is 19.8 Å². The van der Waals surface area contributed by atoms with Crippen LogP contribution in [0.3, 0.4) is 0 Å². The fraction of sp³-hybridized carbons (Fsp3) is 0.941. The minimum Gasteiger partial charge on any atom is -0.351 e. The average molecular weight is 299 g/mol. The summed E-state index contributed by atoms with van der Waals surface area (Å²) in [5, 5.41) is 0. The van der Waals surface area contributed by atoms with Crippen molar-refractivity contribution in [1.82, 2.24) is 0 Å². The lowest BCUT2D eigenvalue weighted by Crippen LogP contribution is -2.53. The molecule has 4 heteroatoms. The van der Waals surface area contributed by atoms with Gasteiger partial charge in [-0.25, -0.2) is 4.79 Å². The Morgan fingerprint density at radius 2 is 1.48 bits per heavy atom. The highest BCUT2D eigenvalue weighted by Crippen LogP contribution is 2.39. The van der Waals surface area contributed by atoms with Crippen molar-refractivity contribution in [2.75, 3.05) is 14.2 Å². The van der Waals surface area contributed by atoms with Crippen molar-refractivity contribution in [2.24, 2.45) is 4.99 Å². The lowest BCUT2D eigenvalue weighted by atomic mass is 9.80. The molecule has 0 aliphatic rings. The van der Waals surface area contributed by atoms with Crippen LogP contribution in [0.1, 0.15) is 78.6 Å². The molecule has 0 aliphatic heterocycles. The Hall–Kier alpha value is -0.700. The lowest BCUT2D eigenvalue weighted by Gasteiger charge is -2.43. The van der Waals surface area contributed by atoms with Gasteiger partial charge in [0.15, 0.2) is 5.79 Å². The molecular formula is C17H33NO3. The molecule has 0 aromatic heterocycles. The number of aliphatic imine (C=N–C) groups is 1. The van der Waals surface area contributed by atoms with Crippen molar-refractivity contribution in [3.63, 3.8) is 0 Å². The van der Waals surface area contributed by atoms with Crippen LogP contribution in [0.15, 0.2) is 4.99 Å². The predicted molar refractivity (Wildman–Crippen MR) is 86.2 cm³/mol. The first-order valence-electron chi connectivity index (χ1n) is 8.25. The Labute approximate surface area is 130 Å². The number of rotatable bonds is 13. The molecule has 0 bridgehead atoms. The first kappa shape index (κ1) is 20.3. The molecule has 0 aromatic carbocycles. The molecule has 0 aliphatic carbocycles. The van der Waals surface area contributed by atoms with Crippen molar-refractivity contribution in [2.45, 2.75) is 89.9 Å². The molecule has 0 rings (SSSR count). The second-order valence-electron chi connectivity index (χ2n) is 5.86. The fourth-order valence-electron chi connectivity index (χ4n) is 2.95. The van der Waals surface area contributed by atoms with Gasteiger partial charge in [0.1, 0.15) is 5.54 Å². The number of hydrogen-bond donors (Lipinski definition) is 0. The van der Waals surface area contributed by atoms with E-state index in [9.17, 15) is 4.79 Å². The predicted octanol–water partition coefficient (Wildman–Crippen LogP) is 4.62. The lowest BCUT2D eigenvalue weighted by molar-refractivity contribution is -0.237. The minimum atomic E-state index is -0.885. The third-order valence-electron chi connectivity index (χ3n) is 4.49. The highest BCUT2D eigenvalue weighted by atomic mass is 16.7. The Bertz CT molecular complexity index is 309. The van der Waals surface area contributed by atoms with Crippen LogP contribution in [0.2, 0.25) is 0 Å². The van der Waals surface area contributed by atoms with Crippen molar-refractivity contribution < 1.29 is 14.3 Å². The molecule has 1 atom stereocenters. The Kier molecular flexibility index (Phi) is 10.6. The summed E-state index contributed by atoms with van der Waals surface area (Å²) in [6.45, 7) is 6.16. The van der Waals surface area contributed by atoms with Crippen LogP contribution in [-0.4, -0.2) is 31.6 Å². The van der Waals surface area contributed by atoms with Crippen LogP contribution in [0.4, 0.5) is 0 Å². The van der Waals surface area contributed by atoms with Gasteiger partial charge in [-0.2, -0.15) is 4.99 Å². The molecule has 21 heavy (non-hydrogen) atoms. The Morgan fingerprint density at radius 3 is 1.95 bits per heavy atom. The Morgan fingerprint density at radius 1 is 0.905 bits per heavy atom. The molecule has 0 radical (unpaired) electrons. The van der Waals surface area contributed by atoms with Crippen LogP contribution in [0.5, 0.6) is 0 Å². The van der Waals surface area contributed by atoms with Gasteiger partial charge in [0.05, 0.1) is 0 Å². The summed E-state index contributed by atoms with van der Waals surface area (Å²) >= 11 is 0. The van der Waals surface area contributed by atoms with Crippen molar-refractivity contribution in [3.8, 4) is 0 Å². The smallest absolute Gasteiger partial charge is 0.235 e. The molecule has 0 spiro atoms. The molecule has 1 unspecified atom stereocenters. The molecule has 4 nitrogen and oxygen atoms in total. The van der Waals surface area contributed by atoms with Gasteiger partial charge >= 0.3 is 0 Å². The number of hydrogen-bond acceptors (Lipinski definition) is 4. The maximum absolute atomic E-state index is 10.9. The van der Waals surface area contributed by atoms with E-state index in [0.29, 0.717) is 0 Å². The van der Waals surface area contributed by atoms with E-state index < -0.39 is 11.3 Å². The Balaban J connectivity index is 4.83. The summed E-state index contributed by atoms with van der Waals surface area (Å²) in [6, 6.07) is 0. The van der Waals surface area contributed by atoms with E-state index >= 15 is 0 Å². The first-order chi connectivity index (χ1) is 10.1. The summed E-state index contributed by atoms with van der Waals surface area (Å²) in [7, 11) is 3.21. The van der Waals surface area contributed by atoms with Gasteiger partial charge < -0.3 is 9.47 Å². The number of unbranched alkanes of at least 4 members (excludes halogenated alkanes) is 5. The van der Waals surface area contributed by atoms with Gasteiger partial charge in [0.2, 0.25) is 6.08 Å². The summed E-state index contributed by atoms with van der Waals surface area (Å²) in [5.74, 6) is -0.885. The molecular weight excluding hydrogens is 266 g/mol. The molecule has 0 amide bonds. The fourth-order valence-corrected chi connectivity index (χ4v) is 2.95. The number of methoxy groups -OCH3 is 2. The van der Waals surface area contributed by atoms with E-state index in [-0.39, 0.29) is 0 Å². The van der Waals surface area contributed by atoms with Crippen molar-refractivity contribution in [3.05, 3.63) is 0 Å². The van der Waals surface area contributed by atoms with E-state index in [1.54, 1.807) is 20.3 Å². The van der Waals surface area contributed by atoms with E-state index in [2.05, 4.69) is 18.8 Å². The summed E-state index contributed by atoms with van der Waals surface area (Å²) in [5.41, 5.74) is -0.641. The maximum atomic E-state index is 10.9. The van der Waals surface area contributed by atoms with E-state index in [1.807, 2.05) is 6.92 Å². The molecule has 0 N–H and O–H groups in total. The van der Waals surface area contributed by atoms with E-state index in [0.717, 1.165) is 32.1 Å². The van der Waals surface area contributed by atoms with Crippen molar-refractivity contribution in [1.29, 1.82) is 0 Å². The van der Waals surface area contributed by atoms with Gasteiger partial charge in [-0.3, -0.25) is 0 Å². The van der Waals surface area contributed by atoms with Gasteiger partial charge in [-0.15, -0.1) is 0 Å². The molecule has 0 aromatic rings. The number of isocyanates is 1. The second kappa shape index (κ2) is 10.9. The summed E-state index contributed by atoms with van der Waals surface area (Å²) < 4.78 is 11.1. The first-order valence-corrected chi connectivity index (χ1v) is 8.25. The molecule has 0 fully saturated rings. The standard InChI is InChI=1S/C17H33NO3/c1-6-8-9-10-11-12-14-17(13-7-2,18-15-19)16(3,20-4)21-5/h6-14H2,1-5H3. The van der Waals surface area contributed by atoms with E-state index in [4.69, 9.17) is 9.47 Å². The topological polar surface area (TPSA) is 47.9 Å². The highest BCUT2D eigenvalue weighted by Gasteiger charge is 2.48. The monoisotopic (exact) mass is 299 g/mol. The number of carbonyl (C=O) groups excluding carboxylic acids is 1. The normalized spacial score (nSPS) is 14.5. The quantitative estimate of drug-likeness (QED) is 0.216. The zero-order valence-electron chi connectivity index (χ0n) is 14.5. The second-order valence-corrected chi connectivity index (χ2v) is 5.86. The number of ether oxygens (including phenoxy) is 2. The third kappa shape index (κ3) is 5.90. The van der Waals surface area contributed by atoms with Crippen LogP contribution in [0.25, 0.3) is 0 Å². The van der Waals surface area contributed by atoms with E-state index in [1.165, 1.54) is 25.7 Å². The maximum Gasteiger partial charge on any atom is 0.235 e. The summed E-state index contributed by atoms with van der Waals surface area (Å²) in [4.78, 5) is 15.1. The molecule has 0 saturated carbocycles. The van der Waals surface area contributed by atoms with Crippen molar-refractivity contribution >= 4 is 6.08 Å². The van der Waals surface area contributed by atoms with Gasteiger partial charge in [0.25, 0.3) is 0 Å². The zero-order chi connectivity index (χ0) is 16.2. The molecule has 124 valence electrons. The highest BCUT2D eigenvalue weighted by molar-refractivity contribution is 5.35. The molecule has 0 heterocycles. The minimum absolute atomic E-state index is 0.641. The SMILES string of the molecule is CCCCCCCCC(CCC)(N=C=O)C(C)(OC)OC. The zero-order valence-corrected chi connectivity index (χ0v) is 14.5.